The van der Waals surface area contributed by atoms with Gasteiger partial charge in [0.05, 0.1) is 25.5 Å². The van der Waals surface area contributed by atoms with Crippen LogP contribution in [0.5, 0.6) is 0 Å². The summed E-state index contributed by atoms with van der Waals surface area (Å²) < 4.78 is 6.78. The molecule has 0 aliphatic rings. The number of nitrogens with zero attached hydrogens (tertiary/aromatic N) is 2. The Balaban J connectivity index is 2.26. The van der Waals surface area contributed by atoms with Gasteiger partial charge in [-0.05, 0) is 6.92 Å². The molecule has 0 aromatic carbocycles. The SMILES string of the molecule is Cc1nn(C)c(Cl)c1CNCCOCCO. The molecule has 5 nitrogen and oxygen atoms in total. The number of nitrogens with one attached hydrogen (secondary N) is 1. The Kier molecular flexibility index (Phi) is 5.76. The maximum atomic E-state index is 8.50. The normalized spacial score (nSPS) is 11.0. The van der Waals surface area contributed by atoms with Gasteiger partial charge in [0.25, 0.3) is 0 Å². The summed E-state index contributed by atoms with van der Waals surface area (Å²) in [6, 6.07) is 0. The lowest BCUT2D eigenvalue weighted by Gasteiger charge is -2.05. The standard InChI is InChI=1S/C10H18ClN3O2/c1-8-9(10(11)14(2)13-8)7-12-3-5-16-6-4-15/h12,15H,3-7H2,1-2H3. The summed E-state index contributed by atoms with van der Waals surface area (Å²) in [6.07, 6.45) is 0. The molecule has 6 heteroatoms. The van der Waals surface area contributed by atoms with Crippen LogP contribution < -0.4 is 5.32 Å². The first-order chi connectivity index (χ1) is 7.66. The highest BCUT2D eigenvalue weighted by Gasteiger charge is 2.09. The largest absolute Gasteiger partial charge is 0.394 e. The molecule has 0 amide bonds. The molecule has 0 aliphatic carbocycles. The topological polar surface area (TPSA) is 59.3 Å². The van der Waals surface area contributed by atoms with E-state index in [4.69, 9.17) is 21.4 Å². The van der Waals surface area contributed by atoms with E-state index in [2.05, 4.69) is 10.4 Å². The van der Waals surface area contributed by atoms with Gasteiger partial charge in [-0.15, -0.1) is 0 Å². The van der Waals surface area contributed by atoms with Gasteiger partial charge in [0.15, 0.2) is 0 Å². The van der Waals surface area contributed by atoms with Crippen molar-refractivity contribution < 1.29 is 9.84 Å². The molecule has 0 atom stereocenters. The fourth-order valence-corrected chi connectivity index (χ4v) is 1.64. The van der Waals surface area contributed by atoms with E-state index in [9.17, 15) is 0 Å². The Morgan fingerprint density at radius 1 is 1.50 bits per heavy atom. The number of aliphatic hydroxyl groups excluding tert-OH is 1. The fraction of sp³-hybridized carbons (Fsp3) is 0.700. The van der Waals surface area contributed by atoms with Gasteiger partial charge in [0, 0.05) is 25.7 Å². The third kappa shape index (κ3) is 3.75. The van der Waals surface area contributed by atoms with Gasteiger partial charge >= 0.3 is 0 Å². The summed E-state index contributed by atoms with van der Waals surface area (Å²) in [4.78, 5) is 0. The first kappa shape index (κ1) is 13.4. The molecule has 1 rings (SSSR count). The van der Waals surface area contributed by atoms with E-state index >= 15 is 0 Å². The molecule has 1 aromatic rings. The molecular weight excluding hydrogens is 230 g/mol. The van der Waals surface area contributed by atoms with Crippen LogP contribution in [0.2, 0.25) is 5.15 Å². The average molecular weight is 248 g/mol. The number of aryl methyl sites for hydroxylation is 2. The van der Waals surface area contributed by atoms with E-state index in [1.165, 1.54) is 0 Å². The highest BCUT2D eigenvalue weighted by Crippen LogP contribution is 2.17. The maximum absolute atomic E-state index is 8.50. The Bertz CT molecular complexity index is 328. The number of aliphatic hydroxyl groups is 1. The number of ether oxygens (including phenoxy) is 1. The van der Waals surface area contributed by atoms with Crippen molar-refractivity contribution in [3.05, 3.63) is 16.4 Å². The Morgan fingerprint density at radius 3 is 2.81 bits per heavy atom. The highest BCUT2D eigenvalue weighted by molar-refractivity contribution is 6.30. The molecule has 1 aromatic heterocycles. The van der Waals surface area contributed by atoms with Crippen LogP contribution >= 0.6 is 11.6 Å². The predicted octanol–water partition coefficient (Wildman–Crippen LogP) is 0.480. The molecule has 2 N–H and O–H groups in total. The predicted molar refractivity (Wildman–Crippen MR) is 62.6 cm³/mol. The minimum Gasteiger partial charge on any atom is -0.394 e. The van der Waals surface area contributed by atoms with Gasteiger partial charge in [0.1, 0.15) is 5.15 Å². The summed E-state index contributed by atoms with van der Waals surface area (Å²) in [5.41, 5.74) is 1.96. The van der Waals surface area contributed by atoms with Crippen LogP contribution in [0.3, 0.4) is 0 Å². The van der Waals surface area contributed by atoms with E-state index in [0.717, 1.165) is 17.8 Å². The molecule has 92 valence electrons. The number of hydrogen-bond donors (Lipinski definition) is 2. The minimum atomic E-state index is 0.0630. The Hall–Kier alpha value is -0.620. The zero-order chi connectivity index (χ0) is 12.0. The molecule has 1 heterocycles. The molecular formula is C10H18ClN3O2. The van der Waals surface area contributed by atoms with Crippen LogP contribution in [0.25, 0.3) is 0 Å². The summed E-state index contributed by atoms with van der Waals surface area (Å²) in [6.45, 7) is 4.37. The van der Waals surface area contributed by atoms with Crippen LogP contribution in [-0.4, -0.2) is 41.3 Å². The van der Waals surface area contributed by atoms with Crippen molar-refractivity contribution in [3.63, 3.8) is 0 Å². The van der Waals surface area contributed by atoms with Crippen molar-refractivity contribution in [2.75, 3.05) is 26.4 Å². The monoisotopic (exact) mass is 247 g/mol. The maximum Gasteiger partial charge on any atom is 0.131 e. The lowest BCUT2D eigenvalue weighted by Crippen LogP contribution is -2.20. The number of aromatic nitrogens is 2. The molecule has 0 saturated carbocycles. The molecule has 0 aliphatic heterocycles. The average Bonchev–Trinajstić information content (AvgIpc) is 2.49. The van der Waals surface area contributed by atoms with Crippen LogP contribution in [0.15, 0.2) is 0 Å². The number of rotatable bonds is 7. The zero-order valence-electron chi connectivity index (χ0n) is 9.66. The lowest BCUT2D eigenvalue weighted by atomic mass is 10.2. The number of hydrogen-bond acceptors (Lipinski definition) is 4. The van der Waals surface area contributed by atoms with Crippen molar-refractivity contribution in [2.45, 2.75) is 13.5 Å². The van der Waals surface area contributed by atoms with E-state index in [-0.39, 0.29) is 6.61 Å². The summed E-state index contributed by atoms with van der Waals surface area (Å²) >= 11 is 6.07. The fourth-order valence-electron chi connectivity index (χ4n) is 1.40. The first-order valence-corrected chi connectivity index (χ1v) is 5.62. The summed E-state index contributed by atoms with van der Waals surface area (Å²) in [5.74, 6) is 0. The summed E-state index contributed by atoms with van der Waals surface area (Å²) in [5, 5.41) is 16.6. The van der Waals surface area contributed by atoms with Gasteiger partial charge in [0.2, 0.25) is 0 Å². The van der Waals surface area contributed by atoms with Crippen molar-refractivity contribution in [1.29, 1.82) is 0 Å². The van der Waals surface area contributed by atoms with Crippen LogP contribution in [-0.2, 0) is 18.3 Å². The molecule has 0 saturated heterocycles. The summed E-state index contributed by atoms with van der Waals surface area (Å²) in [7, 11) is 1.82. The Morgan fingerprint density at radius 2 is 2.25 bits per heavy atom. The molecule has 0 bridgehead atoms. The molecule has 0 unspecified atom stereocenters. The molecule has 0 radical (unpaired) electrons. The molecule has 0 spiro atoms. The quantitative estimate of drug-likeness (QED) is 0.689. The van der Waals surface area contributed by atoms with Crippen molar-refractivity contribution in [1.82, 2.24) is 15.1 Å². The lowest BCUT2D eigenvalue weighted by molar-refractivity contribution is 0.0938. The van der Waals surface area contributed by atoms with Gasteiger partial charge in [-0.1, -0.05) is 11.6 Å². The van der Waals surface area contributed by atoms with E-state index in [1.807, 2.05) is 14.0 Å². The molecule has 0 fully saturated rings. The van der Waals surface area contributed by atoms with Crippen LogP contribution in [0.1, 0.15) is 11.3 Å². The van der Waals surface area contributed by atoms with E-state index in [0.29, 0.717) is 24.9 Å². The van der Waals surface area contributed by atoms with Gasteiger partial charge in [-0.2, -0.15) is 5.10 Å². The first-order valence-electron chi connectivity index (χ1n) is 5.24. The number of halogens is 1. The smallest absolute Gasteiger partial charge is 0.131 e. The third-order valence-electron chi connectivity index (χ3n) is 2.23. The minimum absolute atomic E-state index is 0.0630. The second-order valence-corrected chi connectivity index (χ2v) is 3.85. The highest BCUT2D eigenvalue weighted by atomic mass is 35.5. The van der Waals surface area contributed by atoms with Gasteiger partial charge in [-0.25, -0.2) is 0 Å². The van der Waals surface area contributed by atoms with Crippen LogP contribution in [0.4, 0.5) is 0 Å². The van der Waals surface area contributed by atoms with Gasteiger partial charge < -0.3 is 15.2 Å². The van der Waals surface area contributed by atoms with E-state index in [1.54, 1.807) is 4.68 Å². The van der Waals surface area contributed by atoms with Crippen molar-refractivity contribution >= 4 is 11.6 Å². The second-order valence-electron chi connectivity index (χ2n) is 3.49. The zero-order valence-corrected chi connectivity index (χ0v) is 10.4. The van der Waals surface area contributed by atoms with E-state index < -0.39 is 0 Å². The van der Waals surface area contributed by atoms with Crippen molar-refractivity contribution in [3.8, 4) is 0 Å². The molecule has 16 heavy (non-hydrogen) atoms. The van der Waals surface area contributed by atoms with Gasteiger partial charge in [-0.3, -0.25) is 4.68 Å². The van der Waals surface area contributed by atoms with Crippen molar-refractivity contribution in [2.24, 2.45) is 7.05 Å². The van der Waals surface area contributed by atoms with Crippen LogP contribution in [0, 0.1) is 6.92 Å². The Labute approximate surface area is 100 Å². The second kappa shape index (κ2) is 6.85. The third-order valence-corrected chi connectivity index (χ3v) is 2.70.